The first kappa shape index (κ1) is 10.8. The maximum Gasteiger partial charge on any atom is 0.0192 e. The molecule has 0 saturated carbocycles. The van der Waals surface area contributed by atoms with E-state index in [0.29, 0.717) is 0 Å². The molecule has 2 aromatic rings. The van der Waals surface area contributed by atoms with E-state index in [0.717, 1.165) is 4.47 Å². The summed E-state index contributed by atoms with van der Waals surface area (Å²) in [6.07, 6.45) is 2.09. The molecule has 0 unspecified atom stereocenters. The first-order valence-corrected chi connectivity index (χ1v) is 6.71. The Kier molecular flexibility index (Phi) is 3.49. The van der Waals surface area contributed by atoms with E-state index in [4.69, 9.17) is 0 Å². The molecule has 2 heteroatoms. The highest BCUT2D eigenvalue weighted by Crippen LogP contribution is 2.28. The molecule has 0 aromatic heterocycles. The normalized spacial score (nSPS) is 10.3. The lowest BCUT2D eigenvalue weighted by Gasteiger charge is -2.05. The summed E-state index contributed by atoms with van der Waals surface area (Å²) in [4.78, 5) is 1.28. The van der Waals surface area contributed by atoms with Crippen molar-refractivity contribution in [1.82, 2.24) is 0 Å². The lowest BCUT2D eigenvalue weighted by molar-refractivity contribution is 1.43. The second kappa shape index (κ2) is 4.86. The van der Waals surface area contributed by atoms with Gasteiger partial charge in [0.05, 0.1) is 0 Å². The van der Waals surface area contributed by atoms with Gasteiger partial charge in [-0.25, -0.2) is 0 Å². The van der Waals surface area contributed by atoms with Crippen LogP contribution in [0.3, 0.4) is 0 Å². The molecule has 2 aromatic carbocycles. The molecule has 0 heterocycles. The molecule has 0 aliphatic carbocycles. The zero-order chi connectivity index (χ0) is 10.7. The third-order valence-electron chi connectivity index (χ3n) is 2.21. The maximum atomic E-state index is 3.54. The van der Waals surface area contributed by atoms with E-state index < -0.39 is 0 Å². The fraction of sp³-hybridized carbons (Fsp3) is 0.0769. The molecule has 15 heavy (non-hydrogen) atoms. The summed E-state index contributed by atoms with van der Waals surface area (Å²) in [6.45, 7) is 0. The van der Waals surface area contributed by atoms with E-state index in [2.05, 4.69) is 64.7 Å². The minimum absolute atomic E-state index is 1.13. The Morgan fingerprint density at radius 1 is 0.933 bits per heavy atom. The van der Waals surface area contributed by atoms with Gasteiger partial charge in [-0.15, -0.1) is 11.8 Å². The first-order chi connectivity index (χ1) is 7.29. The molecule has 2 rings (SSSR count). The highest BCUT2D eigenvalue weighted by Gasteiger charge is 2.00. The Morgan fingerprint density at radius 2 is 1.67 bits per heavy atom. The molecule has 0 saturated heterocycles. The molecule has 0 amide bonds. The van der Waals surface area contributed by atoms with Gasteiger partial charge >= 0.3 is 0 Å². The Bertz CT molecular complexity index is 451. The van der Waals surface area contributed by atoms with Gasteiger partial charge in [-0.05, 0) is 35.6 Å². The summed E-state index contributed by atoms with van der Waals surface area (Å²) in [5, 5.41) is 0. The van der Waals surface area contributed by atoms with Crippen LogP contribution in [0.5, 0.6) is 0 Å². The predicted octanol–water partition coefficient (Wildman–Crippen LogP) is 4.84. The molecule has 0 radical (unpaired) electrons. The molecule has 76 valence electrons. The monoisotopic (exact) mass is 278 g/mol. The molecule has 0 spiro atoms. The van der Waals surface area contributed by atoms with Gasteiger partial charge < -0.3 is 0 Å². The summed E-state index contributed by atoms with van der Waals surface area (Å²) in [5.41, 5.74) is 2.52. The van der Waals surface area contributed by atoms with E-state index >= 15 is 0 Å². The maximum absolute atomic E-state index is 3.54. The summed E-state index contributed by atoms with van der Waals surface area (Å²) >= 11 is 5.30. The summed E-state index contributed by atoms with van der Waals surface area (Å²) in [6, 6.07) is 16.9. The first-order valence-electron chi connectivity index (χ1n) is 4.69. The number of thioether (sulfide) groups is 1. The van der Waals surface area contributed by atoms with E-state index in [1.807, 2.05) is 6.07 Å². The Hall–Kier alpha value is -0.730. The molecule has 0 aliphatic heterocycles. The van der Waals surface area contributed by atoms with Crippen LogP contribution >= 0.6 is 27.7 Å². The van der Waals surface area contributed by atoms with Crippen molar-refractivity contribution in [1.29, 1.82) is 0 Å². The van der Waals surface area contributed by atoms with Crippen molar-refractivity contribution < 1.29 is 0 Å². The van der Waals surface area contributed by atoms with E-state index in [-0.39, 0.29) is 0 Å². The molecular formula is C13H11BrS. The average Bonchev–Trinajstić information content (AvgIpc) is 2.29. The minimum atomic E-state index is 1.13. The molecule has 0 atom stereocenters. The van der Waals surface area contributed by atoms with Crippen LogP contribution in [0.4, 0.5) is 0 Å². The number of hydrogen-bond donors (Lipinski definition) is 0. The van der Waals surface area contributed by atoms with Crippen LogP contribution in [0, 0.1) is 0 Å². The third-order valence-corrected chi connectivity index (χ3v) is 3.38. The molecule has 0 nitrogen and oxygen atoms in total. The number of benzene rings is 2. The topological polar surface area (TPSA) is 0 Å². The second-order valence-corrected chi connectivity index (χ2v) is 5.04. The molecular weight excluding hydrogens is 268 g/mol. The third kappa shape index (κ3) is 2.64. The van der Waals surface area contributed by atoms with E-state index in [1.165, 1.54) is 16.0 Å². The largest absolute Gasteiger partial charge is 0.130 e. The van der Waals surface area contributed by atoms with Crippen LogP contribution in [-0.2, 0) is 0 Å². The fourth-order valence-electron chi connectivity index (χ4n) is 1.48. The quantitative estimate of drug-likeness (QED) is 0.709. The Morgan fingerprint density at radius 3 is 2.33 bits per heavy atom. The molecule has 0 fully saturated rings. The average molecular weight is 279 g/mol. The minimum Gasteiger partial charge on any atom is -0.130 e. The highest BCUT2D eigenvalue weighted by molar-refractivity contribution is 9.10. The van der Waals surface area contributed by atoms with Crippen LogP contribution in [0.25, 0.3) is 11.1 Å². The van der Waals surface area contributed by atoms with E-state index in [1.54, 1.807) is 11.8 Å². The SMILES string of the molecule is CSc1cc(Br)cc(-c2ccccc2)c1. The lowest BCUT2D eigenvalue weighted by atomic mass is 10.1. The number of rotatable bonds is 2. The van der Waals surface area contributed by atoms with Crippen molar-refractivity contribution in [3.05, 3.63) is 53.0 Å². The van der Waals surface area contributed by atoms with Gasteiger partial charge in [-0.2, -0.15) is 0 Å². The van der Waals surface area contributed by atoms with Gasteiger partial charge in [-0.1, -0.05) is 46.3 Å². The summed E-state index contributed by atoms with van der Waals surface area (Å²) in [5.74, 6) is 0. The standard InChI is InChI=1S/C13H11BrS/c1-15-13-8-11(7-12(14)9-13)10-5-3-2-4-6-10/h2-9H,1H3. The van der Waals surface area contributed by atoms with Crippen molar-refractivity contribution in [3.8, 4) is 11.1 Å². The van der Waals surface area contributed by atoms with Gasteiger partial charge in [0, 0.05) is 9.37 Å². The van der Waals surface area contributed by atoms with Crippen LogP contribution in [-0.4, -0.2) is 6.26 Å². The van der Waals surface area contributed by atoms with Crippen molar-refractivity contribution in [2.75, 3.05) is 6.26 Å². The number of hydrogen-bond acceptors (Lipinski definition) is 1. The van der Waals surface area contributed by atoms with Gasteiger partial charge in [0.25, 0.3) is 0 Å². The van der Waals surface area contributed by atoms with Crippen molar-refractivity contribution in [2.24, 2.45) is 0 Å². The summed E-state index contributed by atoms with van der Waals surface area (Å²) in [7, 11) is 0. The zero-order valence-corrected chi connectivity index (χ0v) is 10.8. The van der Waals surface area contributed by atoms with Crippen LogP contribution in [0.15, 0.2) is 57.9 Å². The van der Waals surface area contributed by atoms with Crippen LogP contribution in [0.2, 0.25) is 0 Å². The van der Waals surface area contributed by atoms with Crippen molar-refractivity contribution in [2.45, 2.75) is 4.90 Å². The molecule has 0 bridgehead atoms. The van der Waals surface area contributed by atoms with Gasteiger partial charge in [-0.3, -0.25) is 0 Å². The highest BCUT2D eigenvalue weighted by atomic mass is 79.9. The number of halogens is 1. The molecule has 0 N–H and O–H groups in total. The van der Waals surface area contributed by atoms with Crippen molar-refractivity contribution in [3.63, 3.8) is 0 Å². The predicted molar refractivity (Wildman–Crippen MR) is 71.4 cm³/mol. The van der Waals surface area contributed by atoms with Gasteiger partial charge in [0.2, 0.25) is 0 Å². The zero-order valence-electron chi connectivity index (χ0n) is 8.41. The van der Waals surface area contributed by atoms with Gasteiger partial charge in [0.15, 0.2) is 0 Å². The van der Waals surface area contributed by atoms with Gasteiger partial charge in [0.1, 0.15) is 0 Å². The smallest absolute Gasteiger partial charge is 0.0192 e. The van der Waals surface area contributed by atoms with Crippen molar-refractivity contribution >= 4 is 27.7 Å². The summed E-state index contributed by atoms with van der Waals surface area (Å²) < 4.78 is 1.13. The Balaban J connectivity index is 2.49. The fourth-order valence-corrected chi connectivity index (χ4v) is 2.61. The lowest BCUT2D eigenvalue weighted by Crippen LogP contribution is -1.79. The van der Waals surface area contributed by atoms with Crippen LogP contribution < -0.4 is 0 Å². The van der Waals surface area contributed by atoms with E-state index in [9.17, 15) is 0 Å². The second-order valence-electron chi connectivity index (χ2n) is 3.25. The Labute approximate surface area is 103 Å². The molecule has 0 aliphatic rings. The van der Waals surface area contributed by atoms with Crippen LogP contribution in [0.1, 0.15) is 0 Å².